The van der Waals surface area contributed by atoms with Crippen molar-refractivity contribution < 1.29 is 19.0 Å². The molecule has 0 bridgehead atoms. The number of likely N-dealkylation sites (tertiary alicyclic amines) is 1. The van der Waals surface area contributed by atoms with Crippen LogP contribution in [0.5, 0.6) is 5.75 Å². The Morgan fingerprint density at radius 2 is 2.14 bits per heavy atom. The van der Waals surface area contributed by atoms with Crippen molar-refractivity contribution in [3.63, 3.8) is 0 Å². The first-order valence-corrected chi connectivity index (χ1v) is 12.6. The van der Waals surface area contributed by atoms with Gasteiger partial charge in [0.25, 0.3) is 0 Å². The number of methoxy groups -OCH3 is 1. The molecule has 1 aliphatic heterocycles. The molecule has 2 heterocycles. The van der Waals surface area contributed by atoms with Crippen molar-refractivity contribution in [2.45, 2.75) is 31.9 Å². The Morgan fingerprint density at radius 3 is 2.92 bits per heavy atom. The zero-order chi connectivity index (χ0) is 25.5. The number of ether oxygens (including phenoxy) is 1. The van der Waals surface area contributed by atoms with Gasteiger partial charge in [0.1, 0.15) is 11.9 Å². The van der Waals surface area contributed by atoms with E-state index in [9.17, 15) is 9.90 Å². The number of aromatic nitrogens is 1. The van der Waals surface area contributed by atoms with E-state index in [1.165, 1.54) is 0 Å². The molecule has 0 amide bonds. The van der Waals surface area contributed by atoms with Gasteiger partial charge in [0.15, 0.2) is 0 Å². The van der Waals surface area contributed by atoms with Gasteiger partial charge in [-0.2, -0.15) is 0 Å². The van der Waals surface area contributed by atoms with Gasteiger partial charge in [-0.1, -0.05) is 29.5 Å². The lowest BCUT2D eigenvalue weighted by atomic mass is 9.79. The molecule has 2 aromatic carbocycles. The molecule has 0 saturated carbocycles. The number of rotatable bonds is 8. The summed E-state index contributed by atoms with van der Waals surface area (Å²) in [4.78, 5) is 18.1. The lowest BCUT2D eigenvalue weighted by molar-refractivity contribution is -0.139. The highest BCUT2D eigenvalue weighted by molar-refractivity contribution is 6.30. The number of fused-ring (bicyclic) bond motifs is 1. The van der Waals surface area contributed by atoms with Gasteiger partial charge in [0.2, 0.25) is 0 Å². The largest absolute Gasteiger partial charge is 0.497 e. The van der Waals surface area contributed by atoms with Gasteiger partial charge in [-0.3, -0.25) is 14.7 Å². The Morgan fingerprint density at radius 1 is 1.28 bits per heavy atom. The predicted octanol–water partition coefficient (Wildman–Crippen LogP) is 6.15. The normalized spacial score (nSPS) is 18.9. The fourth-order valence-electron chi connectivity index (χ4n) is 5.02. The number of carbonyl (C=O) groups is 1. The Bertz CT molecular complexity index is 1270. The topological polar surface area (TPSA) is 62.7 Å². The quantitative estimate of drug-likeness (QED) is 0.370. The van der Waals surface area contributed by atoms with Crippen LogP contribution in [0, 0.1) is 23.7 Å². The second-order valence-corrected chi connectivity index (χ2v) is 9.72. The monoisotopic (exact) mass is 508 g/mol. The maximum absolute atomic E-state index is 15.5. The highest BCUT2D eigenvalue weighted by Gasteiger charge is 2.31. The van der Waals surface area contributed by atoms with Crippen molar-refractivity contribution in [3.8, 4) is 17.6 Å². The van der Waals surface area contributed by atoms with Crippen LogP contribution >= 0.6 is 11.6 Å². The summed E-state index contributed by atoms with van der Waals surface area (Å²) >= 11 is 6.02. The van der Waals surface area contributed by atoms with Crippen LogP contribution in [-0.4, -0.2) is 47.7 Å². The third-order valence-electron chi connectivity index (χ3n) is 6.88. The molecule has 0 radical (unpaired) electrons. The summed E-state index contributed by atoms with van der Waals surface area (Å²) in [5.74, 6) is 6.26. The number of pyridine rings is 1. The predicted molar refractivity (Wildman–Crippen MR) is 140 cm³/mol. The Hall–Kier alpha value is -3.14. The Kier molecular flexibility index (Phi) is 8.79. The van der Waals surface area contributed by atoms with E-state index in [0.29, 0.717) is 42.3 Å². The van der Waals surface area contributed by atoms with E-state index in [-0.39, 0.29) is 18.3 Å². The van der Waals surface area contributed by atoms with E-state index >= 15 is 4.39 Å². The molecule has 4 rings (SSSR count). The maximum Gasteiger partial charge on any atom is 0.303 e. The average molecular weight is 509 g/mol. The minimum Gasteiger partial charge on any atom is -0.497 e. The van der Waals surface area contributed by atoms with Gasteiger partial charge < -0.3 is 9.84 Å². The molecule has 0 unspecified atom stereocenters. The highest BCUT2D eigenvalue weighted by Crippen LogP contribution is 2.36. The molecule has 5 nitrogen and oxygen atoms in total. The lowest BCUT2D eigenvalue weighted by Gasteiger charge is -2.37. The minimum absolute atomic E-state index is 0.0364. The van der Waals surface area contributed by atoms with Crippen LogP contribution < -0.4 is 4.74 Å². The van der Waals surface area contributed by atoms with Gasteiger partial charge >= 0.3 is 5.97 Å². The minimum atomic E-state index is -1.16. The van der Waals surface area contributed by atoms with Crippen LogP contribution in [-0.2, 0) is 4.79 Å². The summed E-state index contributed by atoms with van der Waals surface area (Å²) in [6.45, 7) is 2.02. The first-order chi connectivity index (χ1) is 17.4. The van der Waals surface area contributed by atoms with Crippen molar-refractivity contribution in [2.24, 2.45) is 11.8 Å². The number of carboxylic acid groups (broad SMARTS) is 1. The van der Waals surface area contributed by atoms with Crippen LogP contribution in [0.4, 0.5) is 4.39 Å². The second kappa shape index (κ2) is 12.2. The molecule has 0 spiro atoms. The van der Waals surface area contributed by atoms with Crippen molar-refractivity contribution in [1.82, 2.24) is 9.88 Å². The van der Waals surface area contributed by atoms with E-state index in [1.807, 2.05) is 42.5 Å². The molecule has 3 atom stereocenters. The first-order valence-electron chi connectivity index (χ1n) is 12.2. The van der Waals surface area contributed by atoms with Crippen LogP contribution in [0.2, 0.25) is 5.02 Å². The van der Waals surface area contributed by atoms with E-state index in [1.54, 1.807) is 19.4 Å². The smallest absolute Gasteiger partial charge is 0.303 e. The lowest BCUT2D eigenvalue weighted by Crippen LogP contribution is -2.41. The molecule has 1 aromatic heterocycles. The average Bonchev–Trinajstić information content (AvgIpc) is 2.87. The third kappa shape index (κ3) is 6.75. The molecule has 1 N–H and O–H groups in total. The van der Waals surface area contributed by atoms with E-state index in [0.717, 1.165) is 29.4 Å². The van der Waals surface area contributed by atoms with E-state index < -0.39 is 12.1 Å². The number of piperidine rings is 1. The molecule has 1 aliphatic rings. The fraction of sp³-hybridized carbons (Fsp3) is 0.379. The number of benzene rings is 2. The molecular weight excluding hydrogens is 479 g/mol. The summed E-state index contributed by atoms with van der Waals surface area (Å²) < 4.78 is 20.8. The SMILES string of the molecule is COc1ccc2nccc([C@@H](F)CC[C@@H]3CCN(CC#Cc4cccc(Cl)c4)C[C@@H]3CC(=O)O)c2c1. The van der Waals surface area contributed by atoms with Crippen LogP contribution in [0.1, 0.15) is 43.0 Å². The van der Waals surface area contributed by atoms with Crippen molar-refractivity contribution in [2.75, 3.05) is 26.7 Å². The summed E-state index contributed by atoms with van der Waals surface area (Å²) in [5.41, 5.74) is 2.18. The van der Waals surface area contributed by atoms with Gasteiger partial charge in [-0.25, -0.2) is 4.39 Å². The number of nitrogens with zero attached hydrogens (tertiary/aromatic N) is 2. The van der Waals surface area contributed by atoms with Crippen LogP contribution in [0.25, 0.3) is 10.9 Å². The number of hydrogen-bond donors (Lipinski definition) is 1. The Balaban J connectivity index is 1.39. The molecule has 188 valence electrons. The Labute approximate surface area is 216 Å². The molecule has 1 saturated heterocycles. The zero-order valence-electron chi connectivity index (χ0n) is 20.3. The molecule has 7 heteroatoms. The fourth-order valence-corrected chi connectivity index (χ4v) is 5.21. The van der Waals surface area contributed by atoms with Gasteiger partial charge in [-0.15, -0.1) is 0 Å². The maximum atomic E-state index is 15.5. The van der Waals surface area contributed by atoms with Crippen molar-refractivity contribution >= 4 is 28.5 Å². The summed E-state index contributed by atoms with van der Waals surface area (Å²) in [7, 11) is 1.59. The number of alkyl halides is 1. The number of carboxylic acids is 1. The molecule has 1 fully saturated rings. The van der Waals surface area contributed by atoms with Crippen molar-refractivity contribution in [1.29, 1.82) is 0 Å². The molecule has 0 aliphatic carbocycles. The summed E-state index contributed by atoms with van der Waals surface area (Å²) in [5, 5.41) is 10.9. The van der Waals surface area contributed by atoms with E-state index in [2.05, 4.69) is 21.7 Å². The zero-order valence-corrected chi connectivity index (χ0v) is 21.0. The van der Waals surface area contributed by atoms with Gasteiger partial charge in [-0.05, 0) is 85.7 Å². The number of halogens is 2. The van der Waals surface area contributed by atoms with E-state index in [4.69, 9.17) is 16.3 Å². The summed E-state index contributed by atoms with van der Waals surface area (Å²) in [6.07, 6.45) is 2.35. The van der Waals surface area contributed by atoms with Gasteiger partial charge in [0.05, 0.1) is 19.2 Å². The first kappa shape index (κ1) is 25.9. The third-order valence-corrected chi connectivity index (χ3v) is 7.12. The molecule has 3 aromatic rings. The number of hydrogen-bond acceptors (Lipinski definition) is 4. The second-order valence-electron chi connectivity index (χ2n) is 9.28. The number of aliphatic carboxylic acids is 1. The van der Waals surface area contributed by atoms with Crippen LogP contribution in [0.3, 0.4) is 0 Å². The van der Waals surface area contributed by atoms with Gasteiger partial charge in [0, 0.05) is 35.1 Å². The highest BCUT2D eigenvalue weighted by atomic mass is 35.5. The molecule has 36 heavy (non-hydrogen) atoms. The van der Waals surface area contributed by atoms with Crippen LogP contribution in [0.15, 0.2) is 54.7 Å². The van der Waals surface area contributed by atoms with Crippen molar-refractivity contribution in [3.05, 3.63) is 70.9 Å². The molecular formula is C29H30ClFN2O3. The summed E-state index contributed by atoms with van der Waals surface area (Å²) in [6, 6.07) is 14.6. The standard InChI is InChI=1S/C29H30ClFN2O3/c1-36-24-8-10-28-26(18-24)25(11-13-32-28)27(31)9-7-21-12-15-33(19-22(21)17-29(34)35)14-3-5-20-4-2-6-23(30)16-20/h2,4,6,8,10-11,13,16,18,21-22,27H,7,9,12,14-15,17,19H2,1H3,(H,34,35)/t21-,22+,27+/m1/s1.